The number of esters is 2. The normalized spacial score (nSPS) is 22.0. The lowest BCUT2D eigenvalue weighted by Crippen LogP contribution is -2.40. The van der Waals surface area contributed by atoms with Crippen LogP contribution in [0.15, 0.2) is 52.3 Å². The number of nitrogens with two attached hydrogens (primary N) is 1. The molecular formula is C19H20N2O5S. The Balaban J connectivity index is 2.30. The van der Waals surface area contributed by atoms with Gasteiger partial charge in [0.15, 0.2) is 0 Å². The summed E-state index contributed by atoms with van der Waals surface area (Å²) in [4.78, 5) is 39.3. The Kier molecular flexibility index (Phi) is 5.27. The van der Waals surface area contributed by atoms with Crippen LogP contribution < -0.4 is 5.73 Å². The molecule has 2 atom stereocenters. The molecule has 1 amide bonds. The molecule has 27 heavy (non-hydrogen) atoms. The van der Waals surface area contributed by atoms with Crippen molar-refractivity contribution in [3.63, 3.8) is 0 Å². The molecule has 2 N–H and O–H groups in total. The van der Waals surface area contributed by atoms with Gasteiger partial charge in [-0.25, -0.2) is 9.59 Å². The predicted octanol–water partition coefficient (Wildman–Crippen LogP) is 1.87. The van der Waals surface area contributed by atoms with Crippen molar-refractivity contribution in [3.8, 4) is 0 Å². The third-order valence-electron chi connectivity index (χ3n) is 4.42. The quantitative estimate of drug-likeness (QED) is 0.786. The Hall–Kier alpha value is -2.74. The maximum atomic E-state index is 12.9. The highest BCUT2D eigenvalue weighted by Crippen LogP contribution is 2.49. The van der Waals surface area contributed by atoms with E-state index in [0.29, 0.717) is 10.6 Å². The number of methoxy groups -OCH3 is 1. The minimum Gasteiger partial charge on any atom is -0.466 e. The molecule has 3 rings (SSSR count). The molecule has 2 aliphatic rings. The average molecular weight is 388 g/mol. The number of carbonyl (C=O) groups is 3. The van der Waals surface area contributed by atoms with E-state index in [4.69, 9.17) is 15.2 Å². The van der Waals surface area contributed by atoms with Crippen molar-refractivity contribution in [1.29, 1.82) is 0 Å². The predicted molar refractivity (Wildman–Crippen MR) is 100.0 cm³/mol. The van der Waals surface area contributed by atoms with Crippen molar-refractivity contribution >= 4 is 29.6 Å². The summed E-state index contributed by atoms with van der Waals surface area (Å²) in [6.07, 6.45) is 0. The topological polar surface area (TPSA) is 98.9 Å². The summed E-state index contributed by atoms with van der Waals surface area (Å²) in [5, 5.41) is -0.0265. The number of benzene rings is 1. The van der Waals surface area contributed by atoms with Crippen LogP contribution in [0.3, 0.4) is 0 Å². The minimum absolute atomic E-state index is 0.0133. The van der Waals surface area contributed by atoms with Gasteiger partial charge in [0.1, 0.15) is 5.82 Å². The van der Waals surface area contributed by atoms with Crippen molar-refractivity contribution in [1.82, 2.24) is 4.90 Å². The van der Waals surface area contributed by atoms with Crippen LogP contribution in [0.25, 0.3) is 0 Å². The number of amides is 1. The summed E-state index contributed by atoms with van der Waals surface area (Å²) >= 11 is 1.23. The lowest BCUT2D eigenvalue weighted by Gasteiger charge is -2.33. The number of ether oxygens (including phenoxy) is 2. The number of nitrogens with zero attached hydrogens (tertiary/aromatic N) is 1. The van der Waals surface area contributed by atoms with Gasteiger partial charge in [-0.05, 0) is 19.4 Å². The van der Waals surface area contributed by atoms with Crippen LogP contribution in [0, 0.1) is 0 Å². The Bertz CT molecular complexity index is 862. The Morgan fingerprint density at radius 1 is 1.19 bits per heavy atom. The van der Waals surface area contributed by atoms with E-state index in [1.807, 2.05) is 6.07 Å². The van der Waals surface area contributed by atoms with Gasteiger partial charge in [-0.1, -0.05) is 42.1 Å². The molecule has 1 saturated heterocycles. The Morgan fingerprint density at radius 3 is 2.44 bits per heavy atom. The van der Waals surface area contributed by atoms with Crippen LogP contribution in [-0.4, -0.2) is 41.7 Å². The summed E-state index contributed by atoms with van der Waals surface area (Å²) < 4.78 is 10.2. The summed E-state index contributed by atoms with van der Waals surface area (Å²) in [5.74, 6) is -2.37. The summed E-state index contributed by atoms with van der Waals surface area (Å²) in [5.41, 5.74) is 7.20. The zero-order valence-corrected chi connectivity index (χ0v) is 16.0. The molecular weight excluding hydrogens is 368 g/mol. The van der Waals surface area contributed by atoms with E-state index < -0.39 is 23.1 Å². The van der Waals surface area contributed by atoms with E-state index in [1.54, 1.807) is 38.1 Å². The Labute approximate surface area is 161 Å². The SMILES string of the molecule is CCOC(=O)C1=C2S[C@H](C)C(=O)N2C(N)=C(C(=O)OC)[C@@H]1c1ccccc1. The standard InChI is InChI=1S/C19H20N2O5S/c1-4-26-19(24)14-12(11-8-6-5-7-9-11)13(18(23)25-3)15(20)21-16(22)10(2)27-17(14)21/h5-10,12H,4,20H2,1-3H3/t10-,12+/m1/s1. The molecule has 1 fully saturated rings. The van der Waals surface area contributed by atoms with Crippen LogP contribution in [0.5, 0.6) is 0 Å². The number of fused-ring (bicyclic) bond motifs is 1. The maximum Gasteiger partial charge on any atom is 0.338 e. The fourth-order valence-electron chi connectivity index (χ4n) is 3.23. The highest BCUT2D eigenvalue weighted by Gasteiger charge is 2.48. The highest BCUT2D eigenvalue weighted by atomic mass is 32.2. The largest absolute Gasteiger partial charge is 0.466 e. The first-order valence-electron chi connectivity index (χ1n) is 8.47. The third-order valence-corrected chi connectivity index (χ3v) is 5.60. The van der Waals surface area contributed by atoms with E-state index in [-0.39, 0.29) is 29.5 Å². The van der Waals surface area contributed by atoms with Crippen molar-refractivity contribution < 1.29 is 23.9 Å². The van der Waals surface area contributed by atoms with Gasteiger partial charge < -0.3 is 15.2 Å². The van der Waals surface area contributed by atoms with Crippen LogP contribution in [0.4, 0.5) is 0 Å². The first kappa shape index (κ1) is 19.0. The first-order chi connectivity index (χ1) is 12.9. The van der Waals surface area contributed by atoms with Gasteiger partial charge in [0.2, 0.25) is 5.91 Å². The highest BCUT2D eigenvalue weighted by molar-refractivity contribution is 8.04. The van der Waals surface area contributed by atoms with Gasteiger partial charge in [-0.15, -0.1) is 0 Å². The molecule has 0 bridgehead atoms. The van der Waals surface area contributed by atoms with Gasteiger partial charge >= 0.3 is 11.9 Å². The summed E-state index contributed by atoms with van der Waals surface area (Å²) in [6, 6.07) is 9.02. The lowest BCUT2D eigenvalue weighted by molar-refractivity contribution is -0.139. The zero-order valence-electron chi connectivity index (χ0n) is 15.2. The fraction of sp³-hybridized carbons (Fsp3) is 0.316. The number of rotatable bonds is 4. The van der Waals surface area contributed by atoms with Crippen LogP contribution >= 0.6 is 11.8 Å². The molecule has 7 nitrogen and oxygen atoms in total. The summed E-state index contributed by atoms with van der Waals surface area (Å²) in [6.45, 7) is 3.59. The van der Waals surface area contributed by atoms with Crippen molar-refractivity contribution in [2.24, 2.45) is 5.73 Å². The Morgan fingerprint density at radius 2 is 1.85 bits per heavy atom. The zero-order chi connectivity index (χ0) is 19.7. The number of hydrogen-bond acceptors (Lipinski definition) is 7. The minimum atomic E-state index is -0.783. The number of thioether (sulfide) groups is 1. The third kappa shape index (κ3) is 3.10. The lowest BCUT2D eigenvalue weighted by atomic mass is 9.82. The van der Waals surface area contributed by atoms with Crippen molar-refractivity contribution in [2.45, 2.75) is 25.0 Å². The van der Waals surface area contributed by atoms with Gasteiger partial charge in [0.05, 0.1) is 41.1 Å². The molecule has 1 aromatic carbocycles. The van der Waals surface area contributed by atoms with E-state index >= 15 is 0 Å². The van der Waals surface area contributed by atoms with Crippen LogP contribution in [0.1, 0.15) is 25.3 Å². The smallest absolute Gasteiger partial charge is 0.338 e. The van der Waals surface area contributed by atoms with Crippen molar-refractivity contribution in [3.05, 3.63) is 57.9 Å². The molecule has 0 radical (unpaired) electrons. The molecule has 2 aliphatic heterocycles. The fourth-order valence-corrected chi connectivity index (χ4v) is 4.39. The number of hydrogen-bond donors (Lipinski definition) is 1. The molecule has 0 aromatic heterocycles. The maximum absolute atomic E-state index is 12.9. The molecule has 0 spiro atoms. The van der Waals surface area contributed by atoms with E-state index in [2.05, 4.69) is 0 Å². The molecule has 0 aliphatic carbocycles. The second kappa shape index (κ2) is 7.48. The van der Waals surface area contributed by atoms with Gasteiger partial charge in [-0.2, -0.15) is 0 Å². The first-order valence-corrected chi connectivity index (χ1v) is 9.35. The molecule has 0 unspecified atom stereocenters. The van der Waals surface area contributed by atoms with Gasteiger partial charge in [0, 0.05) is 0 Å². The number of carbonyl (C=O) groups excluding carboxylic acids is 3. The molecule has 2 heterocycles. The molecule has 8 heteroatoms. The van der Waals surface area contributed by atoms with E-state index in [0.717, 1.165) is 0 Å². The van der Waals surface area contributed by atoms with Crippen LogP contribution in [0.2, 0.25) is 0 Å². The van der Waals surface area contributed by atoms with Gasteiger partial charge in [0.25, 0.3) is 0 Å². The monoisotopic (exact) mass is 388 g/mol. The van der Waals surface area contributed by atoms with E-state index in [9.17, 15) is 14.4 Å². The van der Waals surface area contributed by atoms with Crippen LogP contribution in [-0.2, 0) is 23.9 Å². The summed E-state index contributed by atoms with van der Waals surface area (Å²) in [7, 11) is 1.23. The van der Waals surface area contributed by atoms with E-state index in [1.165, 1.54) is 23.8 Å². The van der Waals surface area contributed by atoms with Gasteiger partial charge in [-0.3, -0.25) is 9.69 Å². The average Bonchev–Trinajstić information content (AvgIpc) is 2.96. The van der Waals surface area contributed by atoms with Crippen molar-refractivity contribution in [2.75, 3.05) is 13.7 Å². The second-order valence-corrected chi connectivity index (χ2v) is 7.34. The molecule has 1 aromatic rings. The second-order valence-electron chi connectivity index (χ2n) is 6.01. The molecule has 142 valence electrons. The molecule has 0 saturated carbocycles.